The molecule has 0 rings (SSSR count). The minimum atomic E-state index is -0.177. The Morgan fingerprint density at radius 1 is 1.31 bits per heavy atom. The quantitative estimate of drug-likeness (QED) is 0.738. The van der Waals surface area contributed by atoms with Crippen molar-refractivity contribution < 1.29 is 4.79 Å². The van der Waals surface area contributed by atoms with Crippen molar-refractivity contribution in [3.05, 3.63) is 0 Å². The Bertz CT molecular complexity index is 229. The van der Waals surface area contributed by atoms with Crippen LogP contribution in [0.1, 0.15) is 41.0 Å². The highest BCUT2D eigenvalue weighted by Crippen LogP contribution is 2.15. The summed E-state index contributed by atoms with van der Waals surface area (Å²) in [6, 6.07) is 0. The number of nitrogens with zero attached hydrogens (tertiary/aromatic N) is 1. The summed E-state index contributed by atoms with van der Waals surface area (Å²) in [6.45, 7) is 11.1. The molecule has 0 aliphatic rings. The van der Waals surface area contributed by atoms with E-state index < -0.39 is 0 Å². The molecule has 0 aromatic heterocycles. The van der Waals surface area contributed by atoms with Crippen LogP contribution >= 0.6 is 0 Å². The van der Waals surface area contributed by atoms with Crippen LogP contribution in [0.5, 0.6) is 0 Å². The number of hydrogen-bond acceptors (Lipinski definition) is 3. The predicted molar refractivity (Wildman–Crippen MR) is 68.3 cm³/mol. The van der Waals surface area contributed by atoms with Crippen molar-refractivity contribution in [2.45, 2.75) is 52.1 Å². The summed E-state index contributed by atoms with van der Waals surface area (Å²) in [4.78, 5) is 13.8. The van der Waals surface area contributed by atoms with Gasteiger partial charge in [-0.05, 0) is 41.2 Å². The number of amides is 1. The Balaban J connectivity index is 4.34. The highest BCUT2D eigenvalue weighted by Gasteiger charge is 2.27. The standard InChI is InChI=1S/C12H27N3O/c1-7-12(5,9-13)15(6)8-10(16)14-11(2,3)4/h7-9,13H2,1-6H3,(H,14,16). The maximum absolute atomic E-state index is 11.8. The van der Waals surface area contributed by atoms with E-state index in [1.54, 1.807) is 0 Å². The number of likely N-dealkylation sites (N-methyl/N-ethyl adjacent to an activating group) is 1. The Morgan fingerprint density at radius 3 is 2.12 bits per heavy atom. The van der Waals surface area contributed by atoms with Crippen molar-refractivity contribution in [1.82, 2.24) is 10.2 Å². The second-order valence-electron chi connectivity index (χ2n) is 5.71. The predicted octanol–water partition coefficient (Wildman–Crippen LogP) is 0.960. The SMILES string of the molecule is CCC(C)(CN)N(C)CC(=O)NC(C)(C)C. The van der Waals surface area contributed by atoms with Crippen molar-refractivity contribution in [3.8, 4) is 0 Å². The molecular weight excluding hydrogens is 202 g/mol. The van der Waals surface area contributed by atoms with Gasteiger partial charge in [0, 0.05) is 17.6 Å². The van der Waals surface area contributed by atoms with E-state index in [1.807, 2.05) is 32.7 Å². The molecule has 0 aliphatic carbocycles. The summed E-state index contributed by atoms with van der Waals surface area (Å²) in [5, 5.41) is 2.95. The Kier molecular flexibility index (Phi) is 5.42. The minimum Gasteiger partial charge on any atom is -0.350 e. The molecule has 0 heterocycles. The molecule has 0 fully saturated rings. The normalized spacial score (nSPS) is 16.0. The van der Waals surface area contributed by atoms with Gasteiger partial charge in [-0.25, -0.2) is 0 Å². The number of hydrogen-bond donors (Lipinski definition) is 2. The summed E-state index contributed by atoms with van der Waals surface area (Å²) in [6.07, 6.45) is 0.933. The lowest BCUT2D eigenvalue weighted by Gasteiger charge is -2.37. The van der Waals surface area contributed by atoms with Crippen molar-refractivity contribution >= 4 is 5.91 Å². The number of carbonyl (C=O) groups excluding carboxylic acids is 1. The van der Waals surface area contributed by atoms with Gasteiger partial charge in [0.1, 0.15) is 0 Å². The van der Waals surface area contributed by atoms with E-state index >= 15 is 0 Å². The minimum absolute atomic E-state index is 0.0446. The van der Waals surface area contributed by atoms with Gasteiger partial charge in [-0.15, -0.1) is 0 Å². The van der Waals surface area contributed by atoms with Crippen molar-refractivity contribution in [3.63, 3.8) is 0 Å². The molecule has 0 spiro atoms. The molecule has 0 saturated heterocycles. The van der Waals surface area contributed by atoms with E-state index in [4.69, 9.17) is 5.73 Å². The molecule has 0 aromatic carbocycles. The van der Waals surface area contributed by atoms with Gasteiger partial charge in [0.05, 0.1) is 6.54 Å². The molecular formula is C12H27N3O. The van der Waals surface area contributed by atoms with Crippen LogP contribution in [-0.2, 0) is 4.79 Å². The zero-order valence-corrected chi connectivity index (χ0v) is 11.6. The highest BCUT2D eigenvalue weighted by atomic mass is 16.2. The van der Waals surface area contributed by atoms with Gasteiger partial charge in [0.15, 0.2) is 0 Å². The molecule has 1 atom stereocenters. The molecule has 1 unspecified atom stereocenters. The lowest BCUT2D eigenvalue weighted by molar-refractivity contribution is -0.124. The Hall–Kier alpha value is -0.610. The van der Waals surface area contributed by atoms with E-state index in [0.717, 1.165) is 6.42 Å². The van der Waals surface area contributed by atoms with E-state index in [0.29, 0.717) is 13.1 Å². The Morgan fingerprint density at radius 2 is 1.81 bits per heavy atom. The molecule has 0 aliphatic heterocycles. The topological polar surface area (TPSA) is 58.4 Å². The molecule has 96 valence electrons. The lowest BCUT2D eigenvalue weighted by Crippen LogP contribution is -2.54. The molecule has 1 amide bonds. The van der Waals surface area contributed by atoms with Crippen molar-refractivity contribution in [2.24, 2.45) is 5.73 Å². The van der Waals surface area contributed by atoms with Crippen LogP contribution in [0.25, 0.3) is 0 Å². The van der Waals surface area contributed by atoms with Crippen LogP contribution in [0.4, 0.5) is 0 Å². The first kappa shape index (κ1) is 15.4. The van der Waals surface area contributed by atoms with Gasteiger partial charge >= 0.3 is 0 Å². The smallest absolute Gasteiger partial charge is 0.234 e. The molecule has 16 heavy (non-hydrogen) atoms. The summed E-state index contributed by atoms with van der Waals surface area (Å²) in [5.41, 5.74) is 5.47. The summed E-state index contributed by atoms with van der Waals surface area (Å²) in [7, 11) is 1.94. The average molecular weight is 229 g/mol. The van der Waals surface area contributed by atoms with Crippen LogP contribution in [-0.4, -0.2) is 42.0 Å². The van der Waals surface area contributed by atoms with Gasteiger partial charge in [-0.1, -0.05) is 6.92 Å². The molecule has 0 bridgehead atoms. The number of rotatable bonds is 5. The van der Waals surface area contributed by atoms with Crippen LogP contribution in [0, 0.1) is 0 Å². The summed E-state index contributed by atoms with van der Waals surface area (Å²) in [5.74, 6) is 0.0446. The second-order valence-corrected chi connectivity index (χ2v) is 5.71. The number of nitrogens with one attached hydrogen (secondary N) is 1. The number of nitrogens with two attached hydrogens (primary N) is 1. The average Bonchev–Trinajstić information content (AvgIpc) is 2.13. The van der Waals surface area contributed by atoms with Crippen LogP contribution < -0.4 is 11.1 Å². The Labute approximate surface area is 99.6 Å². The maximum Gasteiger partial charge on any atom is 0.234 e. The lowest BCUT2D eigenvalue weighted by atomic mass is 9.97. The highest BCUT2D eigenvalue weighted by molar-refractivity contribution is 5.78. The fourth-order valence-corrected chi connectivity index (χ4v) is 1.43. The fourth-order valence-electron chi connectivity index (χ4n) is 1.43. The fraction of sp³-hybridized carbons (Fsp3) is 0.917. The van der Waals surface area contributed by atoms with E-state index in [1.165, 1.54) is 0 Å². The zero-order chi connectivity index (χ0) is 13.0. The van der Waals surface area contributed by atoms with Gasteiger partial charge in [0.25, 0.3) is 0 Å². The number of carbonyl (C=O) groups is 1. The largest absolute Gasteiger partial charge is 0.350 e. The van der Waals surface area contributed by atoms with E-state index in [9.17, 15) is 4.79 Å². The second kappa shape index (κ2) is 5.64. The molecule has 4 nitrogen and oxygen atoms in total. The first-order valence-corrected chi connectivity index (χ1v) is 5.87. The van der Waals surface area contributed by atoms with Crippen molar-refractivity contribution in [2.75, 3.05) is 20.1 Å². The van der Waals surface area contributed by atoms with Crippen LogP contribution in [0.2, 0.25) is 0 Å². The molecule has 4 heteroatoms. The van der Waals surface area contributed by atoms with Gasteiger partial charge in [-0.3, -0.25) is 9.69 Å². The van der Waals surface area contributed by atoms with E-state index in [-0.39, 0.29) is 17.0 Å². The first-order valence-electron chi connectivity index (χ1n) is 5.87. The molecule has 0 aromatic rings. The van der Waals surface area contributed by atoms with Gasteiger partial charge in [-0.2, -0.15) is 0 Å². The third-order valence-corrected chi connectivity index (χ3v) is 3.02. The van der Waals surface area contributed by atoms with Gasteiger partial charge < -0.3 is 11.1 Å². The van der Waals surface area contributed by atoms with Crippen LogP contribution in [0.15, 0.2) is 0 Å². The molecule has 0 radical (unpaired) electrons. The first-order chi connectivity index (χ1) is 7.14. The van der Waals surface area contributed by atoms with Crippen LogP contribution in [0.3, 0.4) is 0 Å². The molecule has 0 saturated carbocycles. The summed E-state index contributed by atoms with van der Waals surface area (Å²) < 4.78 is 0. The van der Waals surface area contributed by atoms with Crippen molar-refractivity contribution in [1.29, 1.82) is 0 Å². The zero-order valence-electron chi connectivity index (χ0n) is 11.6. The third kappa shape index (κ3) is 4.94. The maximum atomic E-state index is 11.8. The third-order valence-electron chi connectivity index (χ3n) is 3.02. The molecule has 3 N–H and O–H groups in total. The monoisotopic (exact) mass is 229 g/mol. The van der Waals surface area contributed by atoms with E-state index in [2.05, 4.69) is 19.2 Å². The van der Waals surface area contributed by atoms with Gasteiger partial charge in [0.2, 0.25) is 5.91 Å². The summed E-state index contributed by atoms with van der Waals surface area (Å²) >= 11 is 0.